The number of carbonyl (C=O) groups is 1. The van der Waals surface area contributed by atoms with Crippen LogP contribution >= 0.6 is 15.9 Å². The highest BCUT2D eigenvalue weighted by atomic mass is 79.9. The van der Waals surface area contributed by atoms with E-state index >= 15 is 0 Å². The molecule has 1 saturated heterocycles. The van der Waals surface area contributed by atoms with Gasteiger partial charge in [0.05, 0.1) is 5.56 Å². The average molecular weight is 404 g/mol. The number of rotatable bonds is 5. The van der Waals surface area contributed by atoms with Crippen LogP contribution in [0.25, 0.3) is 0 Å². The maximum absolute atomic E-state index is 12.5. The molecule has 1 heterocycles. The molecule has 1 aliphatic heterocycles. The first kappa shape index (κ1) is 18.4. The van der Waals surface area contributed by atoms with Crippen LogP contribution in [-0.4, -0.2) is 67.1 Å². The summed E-state index contributed by atoms with van der Waals surface area (Å²) in [7, 11) is -3.43. The van der Waals surface area contributed by atoms with Gasteiger partial charge in [-0.05, 0) is 28.1 Å². The minimum Gasteiger partial charge on any atom is -0.336 e. The van der Waals surface area contributed by atoms with Gasteiger partial charge in [0, 0.05) is 43.7 Å². The first-order valence-corrected chi connectivity index (χ1v) is 9.89. The number of nitrogens with zero attached hydrogens (tertiary/aromatic N) is 3. The van der Waals surface area contributed by atoms with Crippen molar-refractivity contribution in [2.45, 2.75) is 13.8 Å². The van der Waals surface area contributed by atoms with Crippen molar-refractivity contribution >= 4 is 32.0 Å². The molecule has 1 aromatic rings. The molecule has 0 unspecified atom stereocenters. The van der Waals surface area contributed by atoms with Crippen molar-refractivity contribution in [3.8, 4) is 0 Å². The minimum absolute atomic E-state index is 0.0719. The Morgan fingerprint density at radius 1 is 1.13 bits per heavy atom. The van der Waals surface area contributed by atoms with Crippen molar-refractivity contribution < 1.29 is 13.2 Å². The Hall–Kier alpha value is -0.960. The van der Waals surface area contributed by atoms with Crippen molar-refractivity contribution in [2.24, 2.45) is 0 Å². The third kappa shape index (κ3) is 3.93. The number of hydrogen-bond donors (Lipinski definition) is 0. The van der Waals surface area contributed by atoms with E-state index in [0.29, 0.717) is 44.8 Å². The Labute approximate surface area is 146 Å². The highest BCUT2D eigenvalue weighted by Crippen LogP contribution is 2.19. The van der Waals surface area contributed by atoms with Gasteiger partial charge in [-0.2, -0.15) is 17.0 Å². The third-order valence-corrected chi connectivity index (χ3v) is 6.87. The average Bonchev–Trinajstić information content (AvgIpc) is 2.55. The van der Waals surface area contributed by atoms with E-state index in [9.17, 15) is 13.2 Å². The minimum atomic E-state index is -3.43. The predicted molar refractivity (Wildman–Crippen MR) is 93.5 cm³/mol. The molecule has 1 amide bonds. The lowest BCUT2D eigenvalue weighted by Gasteiger charge is -2.36. The fourth-order valence-electron chi connectivity index (χ4n) is 2.64. The number of benzene rings is 1. The van der Waals surface area contributed by atoms with Crippen LogP contribution in [0.2, 0.25) is 0 Å². The summed E-state index contributed by atoms with van der Waals surface area (Å²) in [6.45, 7) is 6.02. The molecule has 128 valence electrons. The van der Waals surface area contributed by atoms with E-state index in [0.717, 1.165) is 4.47 Å². The third-order valence-electron chi connectivity index (χ3n) is 3.99. The molecule has 23 heavy (non-hydrogen) atoms. The van der Waals surface area contributed by atoms with Crippen LogP contribution in [0.4, 0.5) is 0 Å². The van der Waals surface area contributed by atoms with E-state index in [1.807, 2.05) is 32.0 Å². The molecular formula is C15H22BrN3O3S. The second-order valence-electron chi connectivity index (χ2n) is 5.26. The summed E-state index contributed by atoms with van der Waals surface area (Å²) in [4.78, 5) is 14.2. The molecule has 0 saturated carbocycles. The molecule has 6 nitrogen and oxygen atoms in total. The molecule has 1 aromatic carbocycles. The molecule has 0 radical (unpaired) electrons. The summed E-state index contributed by atoms with van der Waals surface area (Å²) in [6, 6.07) is 7.27. The summed E-state index contributed by atoms with van der Waals surface area (Å²) in [5.74, 6) is -0.0719. The number of amides is 1. The molecule has 0 atom stereocenters. The van der Waals surface area contributed by atoms with Gasteiger partial charge in [-0.25, -0.2) is 0 Å². The van der Waals surface area contributed by atoms with Crippen LogP contribution in [0, 0.1) is 0 Å². The molecule has 1 fully saturated rings. The Balaban J connectivity index is 2.04. The van der Waals surface area contributed by atoms with Crippen molar-refractivity contribution in [1.29, 1.82) is 0 Å². The van der Waals surface area contributed by atoms with Crippen LogP contribution < -0.4 is 0 Å². The molecular weight excluding hydrogens is 382 g/mol. The molecule has 0 aromatic heterocycles. The van der Waals surface area contributed by atoms with E-state index in [4.69, 9.17) is 0 Å². The predicted octanol–water partition coefficient (Wildman–Crippen LogP) is 1.79. The molecule has 2 rings (SSSR count). The monoisotopic (exact) mass is 403 g/mol. The van der Waals surface area contributed by atoms with Gasteiger partial charge in [0.15, 0.2) is 0 Å². The molecule has 0 bridgehead atoms. The Morgan fingerprint density at radius 2 is 1.70 bits per heavy atom. The van der Waals surface area contributed by atoms with Crippen LogP contribution in [0.15, 0.2) is 28.7 Å². The van der Waals surface area contributed by atoms with Gasteiger partial charge in [-0.15, -0.1) is 0 Å². The molecule has 0 aliphatic carbocycles. The van der Waals surface area contributed by atoms with Gasteiger partial charge in [-0.1, -0.05) is 26.0 Å². The molecule has 0 spiro atoms. The van der Waals surface area contributed by atoms with Crippen molar-refractivity contribution in [3.63, 3.8) is 0 Å². The van der Waals surface area contributed by atoms with E-state index in [-0.39, 0.29) is 5.91 Å². The largest absolute Gasteiger partial charge is 0.336 e. The van der Waals surface area contributed by atoms with E-state index in [1.165, 1.54) is 8.61 Å². The van der Waals surface area contributed by atoms with E-state index < -0.39 is 10.2 Å². The Morgan fingerprint density at radius 3 is 2.22 bits per heavy atom. The Bertz CT molecular complexity index is 654. The second kappa shape index (κ2) is 7.74. The van der Waals surface area contributed by atoms with Crippen LogP contribution in [-0.2, 0) is 10.2 Å². The smallest absolute Gasteiger partial charge is 0.282 e. The van der Waals surface area contributed by atoms with Crippen LogP contribution in [0.5, 0.6) is 0 Å². The summed E-state index contributed by atoms with van der Waals surface area (Å²) in [5, 5.41) is 0. The lowest BCUT2D eigenvalue weighted by Crippen LogP contribution is -2.54. The zero-order chi connectivity index (χ0) is 17.0. The lowest BCUT2D eigenvalue weighted by molar-refractivity contribution is 0.0693. The SMILES string of the molecule is CCN(CC)S(=O)(=O)N1CCN(C(=O)c2ccccc2Br)CC1. The number of carbonyl (C=O) groups excluding carboxylic acids is 1. The van der Waals surface area contributed by atoms with E-state index in [1.54, 1.807) is 11.0 Å². The highest BCUT2D eigenvalue weighted by molar-refractivity contribution is 9.10. The summed E-state index contributed by atoms with van der Waals surface area (Å²) in [5.41, 5.74) is 0.604. The summed E-state index contributed by atoms with van der Waals surface area (Å²) in [6.07, 6.45) is 0. The van der Waals surface area contributed by atoms with Crippen molar-refractivity contribution in [2.75, 3.05) is 39.3 Å². The number of halogens is 1. The zero-order valence-corrected chi connectivity index (χ0v) is 15.8. The van der Waals surface area contributed by atoms with E-state index in [2.05, 4.69) is 15.9 Å². The molecule has 8 heteroatoms. The summed E-state index contributed by atoms with van der Waals surface area (Å²) < 4.78 is 28.6. The maximum atomic E-state index is 12.5. The first-order valence-electron chi connectivity index (χ1n) is 7.70. The maximum Gasteiger partial charge on any atom is 0.282 e. The fourth-order valence-corrected chi connectivity index (χ4v) is 4.70. The van der Waals surface area contributed by atoms with Gasteiger partial charge in [-0.3, -0.25) is 4.79 Å². The lowest BCUT2D eigenvalue weighted by atomic mass is 10.2. The van der Waals surface area contributed by atoms with Crippen LogP contribution in [0.1, 0.15) is 24.2 Å². The van der Waals surface area contributed by atoms with Gasteiger partial charge in [0.2, 0.25) is 0 Å². The first-order chi connectivity index (χ1) is 10.9. The Kier molecular flexibility index (Phi) is 6.19. The zero-order valence-electron chi connectivity index (χ0n) is 13.4. The van der Waals surface area contributed by atoms with Gasteiger partial charge >= 0.3 is 0 Å². The van der Waals surface area contributed by atoms with Crippen molar-refractivity contribution in [3.05, 3.63) is 34.3 Å². The fraction of sp³-hybridized carbons (Fsp3) is 0.533. The molecule has 0 N–H and O–H groups in total. The molecule has 1 aliphatic rings. The standard InChI is InChI=1S/C15H22BrN3O3S/c1-3-18(4-2)23(21,22)19-11-9-17(10-12-19)15(20)13-7-5-6-8-14(13)16/h5-8H,3-4,9-12H2,1-2H3. The van der Waals surface area contributed by atoms with Crippen LogP contribution in [0.3, 0.4) is 0 Å². The highest BCUT2D eigenvalue weighted by Gasteiger charge is 2.32. The van der Waals surface area contributed by atoms with Gasteiger partial charge in [0.25, 0.3) is 16.1 Å². The summed E-state index contributed by atoms with van der Waals surface area (Å²) >= 11 is 3.38. The second-order valence-corrected chi connectivity index (χ2v) is 8.05. The quantitative estimate of drug-likeness (QED) is 0.752. The van der Waals surface area contributed by atoms with Gasteiger partial charge in [0.1, 0.15) is 0 Å². The number of piperazine rings is 1. The van der Waals surface area contributed by atoms with Crippen molar-refractivity contribution in [1.82, 2.24) is 13.5 Å². The normalized spacial score (nSPS) is 16.8. The van der Waals surface area contributed by atoms with Gasteiger partial charge < -0.3 is 4.90 Å². The topological polar surface area (TPSA) is 60.9 Å². The number of hydrogen-bond acceptors (Lipinski definition) is 3.